The Bertz CT molecular complexity index is 918. The lowest BCUT2D eigenvalue weighted by atomic mass is 9.87. The number of aliphatic hydroxyl groups is 1. The minimum Gasteiger partial charge on any atom is -0.451 e. The van der Waals surface area contributed by atoms with Crippen molar-refractivity contribution in [3.63, 3.8) is 0 Å². The van der Waals surface area contributed by atoms with E-state index >= 15 is 0 Å². The molecule has 7 heteroatoms. The highest BCUT2D eigenvalue weighted by Gasteiger charge is 2.22. The highest BCUT2D eigenvalue weighted by Crippen LogP contribution is 2.25. The molecule has 2 amide bonds. The highest BCUT2D eigenvalue weighted by atomic mass is 16.5. The van der Waals surface area contributed by atoms with Crippen LogP contribution in [0.15, 0.2) is 24.3 Å². The number of amides is 2. The van der Waals surface area contributed by atoms with Gasteiger partial charge in [0.15, 0.2) is 6.61 Å². The molecule has 156 valence electrons. The smallest absolute Gasteiger partial charge is 0.355 e. The van der Waals surface area contributed by atoms with E-state index in [4.69, 9.17) is 4.74 Å². The largest absolute Gasteiger partial charge is 0.451 e. The van der Waals surface area contributed by atoms with Crippen molar-refractivity contribution in [3.05, 3.63) is 57.9 Å². The molecule has 0 spiro atoms. The molecule has 1 aromatic heterocycles. The number of aliphatic hydroxyl groups excluding tert-OH is 1. The van der Waals surface area contributed by atoms with Crippen LogP contribution in [0.2, 0.25) is 0 Å². The van der Waals surface area contributed by atoms with E-state index in [1.54, 1.807) is 32.9 Å². The molecule has 7 nitrogen and oxygen atoms in total. The number of nitrogens with one attached hydrogen (secondary N) is 2. The fraction of sp³-hybridized carbons (Fsp3) is 0.409. The lowest BCUT2D eigenvalue weighted by Crippen LogP contribution is -2.34. The van der Waals surface area contributed by atoms with Crippen molar-refractivity contribution in [3.8, 4) is 0 Å². The number of rotatable bonds is 5. The summed E-state index contributed by atoms with van der Waals surface area (Å²) in [6, 6.07) is 6.99. The normalized spacial score (nSPS) is 12.4. The number of ether oxygens (including phenoxy) is 1. The van der Waals surface area contributed by atoms with Crippen LogP contribution in [-0.4, -0.2) is 34.5 Å². The second-order valence-electron chi connectivity index (χ2n) is 8.12. The van der Waals surface area contributed by atoms with Gasteiger partial charge in [0, 0.05) is 16.8 Å². The van der Waals surface area contributed by atoms with Crippen molar-refractivity contribution in [2.75, 3.05) is 6.61 Å². The van der Waals surface area contributed by atoms with Gasteiger partial charge < -0.3 is 14.8 Å². The first kappa shape index (κ1) is 22.4. The summed E-state index contributed by atoms with van der Waals surface area (Å²) in [5, 5.41) is 12.0. The molecule has 3 N–H and O–H groups in total. The van der Waals surface area contributed by atoms with Crippen molar-refractivity contribution in [1.82, 2.24) is 10.3 Å². The molecule has 0 fully saturated rings. The Morgan fingerprint density at radius 2 is 1.72 bits per heavy atom. The van der Waals surface area contributed by atoms with E-state index in [9.17, 15) is 19.5 Å². The first-order valence-corrected chi connectivity index (χ1v) is 9.40. The van der Waals surface area contributed by atoms with Gasteiger partial charge in [0.25, 0.3) is 11.8 Å². The summed E-state index contributed by atoms with van der Waals surface area (Å²) in [5.74, 6) is -2.01. The quantitative estimate of drug-likeness (QED) is 0.669. The van der Waals surface area contributed by atoms with Gasteiger partial charge >= 0.3 is 5.97 Å². The van der Waals surface area contributed by atoms with E-state index in [1.807, 2.05) is 12.1 Å². The minimum absolute atomic E-state index is 0.0407. The van der Waals surface area contributed by atoms with E-state index in [-0.39, 0.29) is 11.1 Å². The van der Waals surface area contributed by atoms with Gasteiger partial charge in [-0.05, 0) is 49.4 Å². The van der Waals surface area contributed by atoms with Crippen molar-refractivity contribution in [2.24, 2.45) is 0 Å². The van der Waals surface area contributed by atoms with Crippen LogP contribution in [0.4, 0.5) is 0 Å². The fourth-order valence-electron chi connectivity index (χ4n) is 3.16. The lowest BCUT2D eigenvalue weighted by molar-refractivity contribution is -0.123. The van der Waals surface area contributed by atoms with Crippen molar-refractivity contribution < 1.29 is 24.2 Å². The maximum Gasteiger partial charge on any atom is 0.355 e. The molecule has 0 saturated carbocycles. The molecule has 0 aliphatic rings. The first-order valence-electron chi connectivity index (χ1n) is 9.40. The third-order valence-corrected chi connectivity index (χ3v) is 4.72. The average Bonchev–Trinajstić information content (AvgIpc) is 2.93. The van der Waals surface area contributed by atoms with E-state index in [0.29, 0.717) is 22.4 Å². The molecular formula is C22H28N2O5. The number of hydrogen-bond acceptors (Lipinski definition) is 5. The summed E-state index contributed by atoms with van der Waals surface area (Å²) in [6.07, 6.45) is -0.738. The molecule has 0 bridgehead atoms. The van der Waals surface area contributed by atoms with Crippen LogP contribution in [0.1, 0.15) is 77.0 Å². The van der Waals surface area contributed by atoms with Crippen LogP contribution < -0.4 is 5.32 Å². The van der Waals surface area contributed by atoms with Gasteiger partial charge in [-0.1, -0.05) is 32.9 Å². The van der Waals surface area contributed by atoms with Gasteiger partial charge in [0.1, 0.15) is 5.69 Å². The van der Waals surface area contributed by atoms with Crippen LogP contribution in [-0.2, 0) is 14.9 Å². The zero-order chi connectivity index (χ0) is 21.9. The molecular weight excluding hydrogens is 372 g/mol. The van der Waals surface area contributed by atoms with Gasteiger partial charge in [-0.25, -0.2) is 4.79 Å². The summed E-state index contributed by atoms with van der Waals surface area (Å²) in [4.78, 5) is 39.3. The molecule has 2 aromatic rings. The summed E-state index contributed by atoms with van der Waals surface area (Å²) in [7, 11) is 0. The van der Waals surface area contributed by atoms with Gasteiger partial charge in [-0.3, -0.25) is 14.9 Å². The molecule has 1 heterocycles. The number of benzene rings is 1. The monoisotopic (exact) mass is 400 g/mol. The number of carbonyl (C=O) groups is 3. The van der Waals surface area contributed by atoms with Crippen LogP contribution in [0, 0.1) is 13.8 Å². The first-order chi connectivity index (χ1) is 13.4. The second kappa shape index (κ2) is 8.61. The van der Waals surface area contributed by atoms with E-state index < -0.39 is 30.5 Å². The SMILES string of the molecule is Cc1[nH]c(C(=O)OCC(=O)NC(=O)c2ccc(C(C)(C)C)cc2)c(C)c1[C@@H](C)O. The van der Waals surface area contributed by atoms with E-state index in [1.165, 1.54) is 0 Å². The fourth-order valence-corrected chi connectivity index (χ4v) is 3.16. The Balaban J connectivity index is 1.95. The van der Waals surface area contributed by atoms with Gasteiger partial charge in [0.2, 0.25) is 0 Å². The van der Waals surface area contributed by atoms with Crippen molar-refractivity contribution in [2.45, 2.75) is 53.1 Å². The summed E-state index contributed by atoms with van der Waals surface area (Å²) in [6.45, 7) is 10.6. The summed E-state index contributed by atoms with van der Waals surface area (Å²) >= 11 is 0. The van der Waals surface area contributed by atoms with Crippen LogP contribution in [0.3, 0.4) is 0 Å². The Hall–Kier alpha value is -2.93. The minimum atomic E-state index is -0.738. The topological polar surface area (TPSA) is 108 Å². The molecule has 2 rings (SSSR count). The number of aryl methyl sites for hydroxylation is 1. The molecule has 29 heavy (non-hydrogen) atoms. The van der Waals surface area contributed by atoms with Crippen LogP contribution >= 0.6 is 0 Å². The number of imide groups is 1. The Labute approximate surface area is 170 Å². The lowest BCUT2D eigenvalue weighted by Gasteiger charge is -2.18. The van der Waals surface area contributed by atoms with E-state index in [2.05, 4.69) is 31.1 Å². The maximum atomic E-state index is 12.2. The van der Waals surface area contributed by atoms with Crippen LogP contribution in [0.25, 0.3) is 0 Å². The Morgan fingerprint density at radius 3 is 2.21 bits per heavy atom. The summed E-state index contributed by atoms with van der Waals surface area (Å²) < 4.78 is 5.00. The molecule has 0 unspecified atom stereocenters. The van der Waals surface area contributed by atoms with Crippen molar-refractivity contribution >= 4 is 17.8 Å². The number of hydrogen-bond donors (Lipinski definition) is 3. The number of carbonyl (C=O) groups excluding carboxylic acids is 3. The number of aromatic nitrogens is 1. The predicted molar refractivity (Wildman–Crippen MR) is 109 cm³/mol. The molecule has 0 radical (unpaired) electrons. The average molecular weight is 400 g/mol. The van der Waals surface area contributed by atoms with Crippen molar-refractivity contribution in [1.29, 1.82) is 0 Å². The molecule has 0 saturated heterocycles. The molecule has 1 atom stereocenters. The third kappa shape index (κ3) is 5.32. The standard InChI is InChI=1S/C22H28N2O5/c1-12-18(14(3)25)13(2)23-19(12)21(28)29-11-17(26)24-20(27)15-7-9-16(10-8-15)22(4,5)6/h7-10,14,23,25H,11H2,1-6H3,(H,24,26,27)/t14-/m1/s1. The summed E-state index contributed by atoms with van der Waals surface area (Å²) in [5.41, 5.74) is 3.39. The highest BCUT2D eigenvalue weighted by molar-refractivity contribution is 6.05. The molecule has 0 aliphatic carbocycles. The zero-order valence-corrected chi connectivity index (χ0v) is 17.7. The Morgan fingerprint density at radius 1 is 1.14 bits per heavy atom. The number of H-pyrrole nitrogens is 1. The zero-order valence-electron chi connectivity index (χ0n) is 17.7. The van der Waals surface area contributed by atoms with E-state index in [0.717, 1.165) is 5.56 Å². The number of esters is 1. The second-order valence-corrected chi connectivity index (χ2v) is 8.12. The van der Waals surface area contributed by atoms with Crippen LogP contribution in [0.5, 0.6) is 0 Å². The predicted octanol–water partition coefficient (Wildman–Crippen LogP) is 3.10. The van der Waals surface area contributed by atoms with Gasteiger partial charge in [-0.15, -0.1) is 0 Å². The Kier molecular flexibility index (Phi) is 6.64. The molecule has 0 aliphatic heterocycles. The van der Waals surface area contributed by atoms with Gasteiger partial charge in [0.05, 0.1) is 6.10 Å². The third-order valence-electron chi connectivity index (χ3n) is 4.72. The number of aromatic amines is 1. The van der Waals surface area contributed by atoms with Gasteiger partial charge in [-0.2, -0.15) is 0 Å². The molecule has 1 aromatic carbocycles. The maximum absolute atomic E-state index is 12.2.